The molecular formula is C18H18ClCsO3. The van der Waals surface area contributed by atoms with Crippen LogP contribution in [0, 0.1) is 12.5 Å². The summed E-state index contributed by atoms with van der Waals surface area (Å²) >= 11 is 6.14. The Balaban J connectivity index is 0.00000192. The summed E-state index contributed by atoms with van der Waals surface area (Å²) in [5.74, 6) is 1.74. The second-order valence-electron chi connectivity index (χ2n) is 5.43. The van der Waals surface area contributed by atoms with Crippen LogP contribution in [0.5, 0.6) is 11.5 Å². The molecule has 0 bridgehead atoms. The van der Waals surface area contributed by atoms with Gasteiger partial charge < -0.3 is 14.2 Å². The summed E-state index contributed by atoms with van der Waals surface area (Å²) in [7, 11) is 0. The van der Waals surface area contributed by atoms with Crippen LogP contribution in [0.1, 0.15) is 18.9 Å². The maximum Gasteiger partial charge on any atom is 1.00 e. The van der Waals surface area contributed by atoms with Gasteiger partial charge in [-0.15, -0.1) is 5.92 Å². The fourth-order valence-electron chi connectivity index (χ4n) is 2.29. The van der Waals surface area contributed by atoms with Crippen LogP contribution in [-0.4, -0.2) is 6.29 Å². The molecule has 0 aliphatic carbocycles. The van der Waals surface area contributed by atoms with E-state index in [0.717, 1.165) is 12.0 Å². The molecule has 1 unspecified atom stereocenters. The maximum atomic E-state index is 6.14. The van der Waals surface area contributed by atoms with Gasteiger partial charge in [0, 0.05) is 11.1 Å². The van der Waals surface area contributed by atoms with Gasteiger partial charge in [0.1, 0.15) is 18.1 Å². The molecule has 0 saturated carbocycles. The van der Waals surface area contributed by atoms with Crippen molar-refractivity contribution in [2.75, 3.05) is 0 Å². The Bertz CT molecular complexity index is 621. The third-order valence-electron chi connectivity index (χ3n) is 3.39. The van der Waals surface area contributed by atoms with Crippen LogP contribution in [0.15, 0.2) is 48.5 Å². The standard InChI is InChI=1S/C18H18ClO3.Cs/c1-13-7-18(21-11-13)22-17-9-15(19)8-16(10-17)20-12-14-5-3-2-4-6-14;/h2-6,8-11,13,18H,7,12H2,1H3;/q-1;+1/t13-,18?;/m1./s1. The van der Waals surface area contributed by atoms with Gasteiger partial charge in [-0.05, 0) is 24.1 Å². The zero-order valence-corrected chi connectivity index (χ0v) is 20.4. The van der Waals surface area contributed by atoms with Gasteiger partial charge in [-0.2, -0.15) is 0 Å². The van der Waals surface area contributed by atoms with Crippen LogP contribution >= 0.6 is 11.6 Å². The summed E-state index contributed by atoms with van der Waals surface area (Å²) < 4.78 is 17.0. The van der Waals surface area contributed by atoms with Crippen molar-refractivity contribution < 1.29 is 83.1 Å². The predicted octanol–water partition coefficient (Wildman–Crippen LogP) is 1.85. The quantitative estimate of drug-likeness (QED) is 0.651. The number of benzene rings is 2. The monoisotopic (exact) mass is 450 g/mol. The predicted molar refractivity (Wildman–Crippen MR) is 85.8 cm³/mol. The van der Waals surface area contributed by atoms with E-state index in [1.165, 1.54) is 0 Å². The van der Waals surface area contributed by atoms with E-state index in [1.54, 1.807) is 12.1 Å². The number of hydrogen-bond donors (Lipinski definition) is 0. The van der Waals surface area contributed by atoms with E-state index < -0.39 is 0 Å². The first-order chi connectivity index (χ1) is 10.7. The fourth-order valence-corrected chi connectivity index (χ4v) is 2.51. The molecule has 2 aromatic rings. The van der Waals surface area contributed by atoms with E-state index >= 15 is 0 Å². The molecule has 2 atom stereocenters. The van der Waals surface area contributed by atoms with Crippen LogP contribution in [-0.2, 0) is 11.3 Å². The summed E-state index contributed by atoms with van der Waals surface area (Å²) in [6, 6.07) is 15.4. The van der Waals surface area contributed by atoms with Crippen LogP contribution in [0.3, 0.4) is 0 Å². The first-order valence-electron chi connectivity index (χ1n) is 7.32. The third kappa shape index (κ3) is 6.29. The van der Waals surface area contributed by atoms with Gasteiger partial charge >= 0.3 is 68.9 Å². The van der Waals surface area contributed by atoms with Crippen LogP contribution in [0.2, 0.25) is 5.02 Å². The largest absolute Gasteiger partial charge is 1.00 e. The minimum atomic E-state index is -0.254. The number of halogens is 1. The molecule has 1 saturated heterocycles. The minimum absolute atomic E-state index is 0. The molecule has 1 heterocycles. The second-order valence-corrected chi connectivity index (χ2v) is 5.87. The van der Waals surface area contributed by atoms with Crippen molar-refractivity contribution >= 4 is 11.6 Å². The second kappa shape index (κ2) is 9.73. The molecule has 2 aromatic carbocycles. The maximum absolute atomic E-state index is 6.14. The Morgan fingerprint density at radius 1 is 1.17 bits per heavy atom. The first-order valence-corrected chi connectivity index (χ1v) is 7.69. The average Bonchev–Trinajstić information content (AvgIpc) is 2.91. The van der Waals surface area contributed by atoms with E-state index in [2.05, 4.69) is 6.92 Å². The number of rotatable bonds is 5. The van der Waals surface area contributed by atoms with E-state index in [0.29, 0.717) is 29.0 Å². The van der Waals surface area contributed by atoms with Crippen molar-refractivity contribution in [3.63, 3.8) is 0 Å². The number of ether oxygens (including phenoxy) is 3. The SMILES string of the molecule is C[C@H]1[CH-]OC(Oc2cc(Cl)cc(OCc3ccccc3)c2)C1.[Cs+]. The van der Waals surface area contributed by atoms with Crippen molar-refractivity contribution in [3.8, 4) is 11.5 Å². The summed E-state index contributed by atoms with van der Waals surface area (Å²) in [6.07, 6.45) is 0.586. The Morgan fingerprint density at radius 2 is 1.91 bits per heavy atom. The van der Waals surface area contributed by atoms with Crippen molar-refractivity contribution in [1.29, 1.82) is 0 Å². The molecule has 3 rings (SSSR count). The molecule has 0 amide bonds. The Labute approximate surface area is 201 Å². The summed E-state index contributed by atoms with van der Waals surface area (Å²) in [5.41, 5.74) is 1.10. The smallest absolute Gasteiger partial charge is 0.520 e. The van der Waals surface area contributed by atoms with Gasteiger partial charge in [0.2, 0.25) is 0 Å². The molecule has 3 nitrogen and oxygen atoms in total. The van der Waals surface area contributed by atoms with Gasteiger partial charge in [0.15, 0.2) is 6.29 Å². The fraction of sp³-hybridized carbons (Fsp3) is 0.278. The topological polar surface area (TPSA) is 27.7 Å². The Hall–Kier alpha value is 0.342. The minimum Gasteiger partial charge on any atom is -0.520 e. The van der Waals surface area contributed by atoms with E-state index in [1.807, 2.05) is 43.0 Å². The van der Waals surface area contributed by atoms with E-state index in [9.17, 15) is 0 Å². The van der Waals surface area contributed by atoms with Crippen LogP contribution in [0.25, 0.3) is 0 Å². The molecule has 1 aliphatic heterocycles. The molecule has 23 heavy (non-hydrogen) atoms. The molecule has 0 N–H and O–H groups in total. The first kappa shape index (κ1) is 19.7. The van der Waals surface area contributed by atoms with E-state index in [4.69, 9.17) is 25.8 Å². The normalized spacial score (nSPS) is 19.9. The molecule has 5 heteroatoms. The molecular weight excluding hydrogens is 433 g/mol. The van der Waals surface area contributed by atoms with Gasteiger partial charge in [-0.1, -0.05) is 48.9 Å². The molecule has 116 valence electrons. The van der Waals surface area contributed by atoms with Crippen molar-refractivity contribution in [1.82, 2.24) is 0 Å². The van der Waals surface area contributed by atoms with Gasteiger partial charge in [-0.3, -0.25) is 0 Å². The van der Waals surface area contributed by atoms with Crippen molar-refractivity contribution in [2.24, 2.45) is 5.92 Å². The third-order valence-corrected chi connectivity index (χ3v) is 3.61. The Kier molecular flexibility index (Phi) is 8.32. The van der Waals surface area contributed by atoms with Gasteiger partial charge in [0.25, 0.3) is 0 Å². The van der Waals surface area contributed by atoms with Crippen LogP contribution in [0.4, 0.5) is 0 Å². The molecule has 1 aliphatic rings. The number of hydrogen-bond acceptors (Lipinski definition) is 3. The average molecular weight is 451 g/mol. The molecule has 0 aromatic heterocycles. The van der Waals surface area contributed by atoms with Gasteiger partial charge in [0.05, 0.1) is 0 Å². The zero-order valence-electron chi connectivity index (χ0n) is 13.4. The van der Waals surface area contributed by atoms with Crippen molar-refractivity contribution in [3.05, 3.63) is 65.7 Å². The molecule has 0 spiro atoms. The molecule has 0 radical (unpaired) electrons. The zero-order chi connectivity index (χ0) is 15.4. The molecule has 1 fully saturated rings. The van der Waals surface area contributed by atoms with Crippen LogP contribution < -0.4 is 78.4 Å². The summed E-state index contributed by atoms with van der Waals surface area (Å²) in [5, 5.41) is 0.579. The Morgan fingerprint density at radius 3 is 2.61 bits per heavy atom. The van der Waals surface area contributed by atoms with Gasteiger partial charge in [-0.25, -0.2) is 6.61 Å². The summed E-state index contributed by atoms with van der Waals surface area (Å²) in [4.78, 5) is 0. The van der Waals surface area contributed by atoms with Crippen molar-refractivity contribution in [2.45, 2.75) is 26.2 Å². The van der Waals surface area contributed by atoms with E-state index in [-0.39, 0.29) is 75.2 Å². The summed E-state index contributed by atoms with van der Waals surface area (Å²) in [6.45, 7) is 4.39.